The van der Waals surface area contributed by atoms with Crippen molar-refractivity contribution in [1.82, 2.24) is 4.90 Å². The average molecular weight is 383 g/mol. The van der Waals surface area contributed by atoms with Crippen LogP contribution in [0.15, 0.2) is 47.4 Å². The van der Waals surface area contributed by atoms with E-state index in [0.717, 1.165) is 9.80 Å². The van der Waals surface area contributed by atoms with Gasteiger partial charge in [-0.1, -0.05) is 0 Å². The highest BCUT2D eigenvalue weighted by Crippen LogP contribution is 2.25. The summed E-state index contributed by atoms with van der Waals surface area (Å²) in [4.78, 5) is 49.0. The van der Waals surface area contributed by atoms with Crippen LogP contribution in [0.5, 0.6) is 0 Å². The number of benzene rings is 2. The van der Waals surface area contributed by atoms with Crippen LogP contribution in [0.25, 0.3) is 0 Å². The first-order valence-corrected chi connectivity index (χ1v) is 9.10. The molecule has 138 valence electrons. The molecule has 1 heterocycles. The number of rotatable bonds is 5. The van der Waals surface area contributed by atoms with Crippen molar-refractivity contribution in [3.8, 4) is 0 Å². The molecule has 0 unspecified atom stereocenters. The van der Waals surface area contributed by atoms with Crippen molar-refractivity contribution in [2.45, 2.75) is 11.8 Å². The Hall–Kier alpha value is -3.13. The Morgan fingerprint density at radius 1 is 0.926 bits per heavy atom. The van der Waals surface area contributed by atoms with Crippen LogP contribution in [0.4, 0.5) is 11.4 Å². The van der Waals surface area contributed by atoms with Gasteiger partial charge in [-0.05, 0) is 42.5 Å². The second kappa shape index (κ2) is 7.63. The summed E-state index contributed by atoms with van der Waals surface area (Å²) in [5.41, 5.74) is 1.80. The van der Waals surface area contributed by atoms with Gasteiger partial charge in [0.2, 0.25) is 11.8 Å². The predicted octanol–water partition coefficient (Wildman–Crippen LogP) is 2.60. The predicted molar refractivity (Wildman–Crippen MR) is 103 cm³/mol. The van der Waals surface area contributed by atoms with Crippen LogP contribution in [0.3, 0.4) is 0 Å². The summed E-state index contributed by atoms with van der Waals surface area (Å²) < 4.78 is 0. The molecule has 1 aliphatic rings. The molecule has 0 aromatic heterocycles. The van der Waals surface area contributed by atoms with Crippen LogP contribution in [0, 0.1) is 0 Å². The highest BCUT2D eigenvalue weighted by Gasteiger charge is 2.32. The number of nitrogens with zero attached hydrogens (tertiary/aromatic N) is 1. The Bertz CT molecular complexity index is 940. The molecule has 4 amide bonds. The highest BCUT2D eigenvalue weighted by molar-refractivity contribution is 8.00. The molecule has 2 N–H and O–H groups in total. The standard InChI is InChI=1S/C19H17N3O4S/c1-11(23)20-12-3-6-14(7-4-12)27-10-17(24)21-13-5-8-15-16(9-13)19(26)22(2)18(15)25/h3-9H,10H2,1-2H3,(H,20,23)(H,21,24). The molecular weight excluding hydrogens is 366 g/mol. The number of carbonyl (C=O) groups excluding carboxylic acids is 4. The van der Waals surface area contributed by atoms with E-state index in [1.165, 1.54) is 31.8 Å². The van der Waals surface area contributed by atoms with Crippen molar-refractivity contribution < 1.29 is 19.2 Å². The summed E-state index contributed by atoms with van der Waals surface area (Å²) in [6.45, 7) is 1.44. The van der Waals surface area contributed by atoms with Crippen LogP contribution in [-0.4, -0.2) is 41.3 Å². The molecule has 3 rings (SSSR count). The molecule has 1 aliphatic heterocycles. The van der Waals surface area contributed by atoms with E-state index in [1.54, 1.807) is 24.3 Å². The maximum absolute atomic E-state index is 12.2. The van der Waals surface area contributed by atoms with Gasteiger partial charge in [0.15, 0.2) is 0 Å². The zero-order chi connectivity index (χ0) is 19.6. The monoisotopic (exact) mass is 383 g/mol. The SMILES string of the molecule is CC(=O)Nc1ccc(SCC(=O)Nc2ccc3c(c2)C(=O)N(C)C3=O)cc1. The third kappa shape index (κ3) is 4.17. The molecule has 0 bridgehead atoms. The van der Waals surface area contributed by atoms with E-state index < -0.39 is 0 Å². The van der Waals surface area contributed by atoms with E-state index in [9.17, 15) is 19.2 Å². The van der Waals surface area contributed by atoms with Gasteiger partial charge in [0, 0.05) is 30.2 Å². The zero-order valence-electron chi connectivity index (χ0n) is 14.7. The van der Waals surface area contributed by atoms with Crippen LogP contribution in [0.2, 0.25) is 0 Å². The first-order chi connectivity index (χ1) is 12.8. The lowest BCUT2D eigenvalue weighted by Gasteiger charge is -2.07. The van der Waals surface area contributed by atoms with Crippen molar-refractivity contribution in [2.75, 3.05) is 23.4 Å². The van der Waals surface area contributed by atoms with E-state index >= 15 is 0 Å². The molecule has 2 aromatic rings. The molecule has 0 fully saturated rings. The fourth-order valence-corrected chi connectivity index (χ4v) is 3.32. The van der Waals surface area contributed by atoms with Crippen LogP contribution in [-0.2, 0) is 9.59 Å². The summed E-state index contributed by atoms with van der Waals surface area (Å²) in [6, 6.07) is 11.8. The van der Waals surface area contributed by atoms with Crippen molar-refractivity contribution in [1.29, 1.82) is 0 Å². The number of hydrogen-bond acceptors (Lipinski definition) is 5. The largest absolute Gasteiger partial charge is 0.326 e. The first-order valence-electron chi connectivity index (χ1n) is 8.12. The smallest absolute Gasteiger partial charge is 0.261 e. The van der Waals surface area contributed by atoms with Gasteiger partial charge in [-0.2, -0.15) is 0 Å². The number of thioether (sulfide) groups is 1. The molecule has 0 aliphatic carbocycles. The summed E-state index contributed by atoms with van der Waals surface area (Å²) >= 11 is 1.35. The van der Waals surface area contributed by atoms with Crippen molar-refractivity contribution >= 4 is 46.8 Å². The maximum atomic E-state index is 12.2. The lowest BCUT2D eigenvalue weighted by molar-refractivity contribution is -0.114. The van der Waals surface area contributed by atoms with E-state index in [4.69, 9.17) is 0 Å². The van der Waals surface area contributed by atoms with Crippen LogP contribution < -0.4 is 10.6 Å². The highest BCUT2D eigenvalue weighted by atomic mass is 32.2. The van der Waals surface area contributed by atoms with Crippen molar-refractivity contribution in [3.05, 3.63) is 53.6 Å². The quantitative estimate of drug-likeness (QED) is 0.611. The number of anilines is 2. The Kier molecular flexibility index (Phi) is 5.27. The van der Waals surface area contributed by atoms with Gasteiger partial charge in [0.1, 0.15) is 0 Å². The third-order valence-corrected chi connectivity index (χ3v) is 4.93. The fourth-order valence-electron chi connectivity index (χ4n) is 2.62. The van der Waals surface area contributed by atoms with Gasteiger partial charge < -0.3 is 10.6 Å². The molecule has 8 heteroatoms. The van der Waals surface area contributed by atoms with E-state index in [0.29, 0.717) is 22.5 Å². The molecule has 0 atom stereocenters. The van der Waals surface area contributed by atoms with Gasteiger partial charge in [0.05, 0.1) is 16.9 Å². The van der Waals surface area contributed by atoms with Gasteiger partial charge in [-0.15, -0.1) is 11.8 Å². The van der Waals surface area contributed by atoms with Crippen molar-refractivity contribution in [3.63, 3.8) is 0 Å². The number of carbonyl (C=O) groups is 4. The van der Waals surface area contributed by atoms with E-state index in [1.807, 2.05) is 12.1 Å². The Morgan fingerprint density at radius 2 is 1.56 bits per heavy atom. The minimum atomic E-state index is -0.375. The minimum absolute atomic E-state index is 0.143. The second-order valence-corrected chi connectivity index (χ2v) is 7.02. The lowest BCUT2D eigenvalue weighted by Crippen LogP contribution is -2.24. The molecular formula is C19H17N3O4S. The Labute approximate surface area is 160 Å². The summed E-state index contributed by atoms with van der Waals surface area (Å²) in [5.74, 6) is -0.902. The summed E-state index contributed by atoms with van der Waals surface area (Å²) in [7, 11) is 1.43. The van der Waals surface area contributed by atoms with Gasteiger partial charge >= 0.3 is 0 Å². The van der Waals surface area contributed by atoms with Crippen LogP contribution in [0.1, 0.15) is 27.6 Å². The summed E-state index contributed by atoms with van der Waals surface area (Å²) in [6.07, 6.45) is 0. The fraction of sp³-hybridized carbons (Fsp3) is 0.158. The molecule has 7 nitrogen and oxygen atoms in total. The number of hydrogen-bond donors (Lipinski definition) is 2. The lowest BCUT2D eigenvalue weighted by atomic mass is 10.1. The Morgan fingerprint density at radius 3 is 2.22 bits per heavy atom. The first kappa shape index (κ1) is 18.7. The third-order valence-electron chi connectivity index (χ3n) is 3.92. The zero-order valence-corrected chi connectivity index (χ0v) is 15.6. The minimum Gasteiger partial charge on any atom is -0.326 e. The second-order valence-electron chi connectivity index (χ2n) is 5.97. The normalized spacial score (nSPS) is 12.7. The van der Waals surface area contributed by atoms with E-state index in [2.05, 4.69) is 10.6 Å². The van der Waals surface area contributed by atoms with Crippen molar-refractivity contribution in [2.24, 2.45) is 0 Å². The van der Waals surface area contributed by atoms with E-state index in [-0.39, 0.29) is 29.4 Å². The number of fused-ring (bicyclic) bond motifs is 1. The number of amides is 4. The van der Waals surface area contributed by atoms with Crippen LogP contribution >= 0.6 is 11.8 Å². The molecule has 0 spiro atoms. The number of nitrogens with one attached hydrogen (secondary N) is 2. The average Bonchev–Trinajstić information content (AvgIpc) is 2.85. The molecule has 27 heavy (non-hydrogen) atoms. The molecule has 2 aromatic carbocycles. The van der Waals surface area contributed by atoms with Gasteiger partial charge in [-0.3, -0.25) is 24.1 Å². The van der Waals surface area contributed by atoms with Gasteiger partial charge in [-0.25, -0.2) is 0 Å². The summed E-state index contributed by atoms with van der Waals surface area (Å²) in [5, 5.41) is 5.41. The molecule has 0 saturated carbocycles. The molecule has 0 saturated heterocycles. The Balaban J connectivity index is 1.58. The molecule has 0 radical (unpaired) electrons. The van der Waals surface area contributed by atoms with Gasteiger partial charge in [0.25, 0.3) is 11.8 Å². The topological polar surface area (TPSA) is 95.6 Å². The maximum Gasteiger partial charge on any atom is 0.261 e. The number of imide groups is 1.